The zero-order valence-electron chi connectivity index (χ0n) is 18.2. The number of carbonyl (C=O) groups is 1. The van der Waals surface area contributed by atoms with Crippen LogP contribution >= 0.6 is 0 Å². The monoisotopic (exact) mass is 423 g/mol. The van der Waals surface area contributed by atoms with Gasteiger partial charge in [-0.05, 0) is 61.4 Å². The van der Waals surface area contributed by atoms with Crippen molar-refractivity contribution in [2.45, 2.75) is 32.7 Å². The van der Waals surface area contributed by atoms with Crippen LogP contribution in [0.1, 0.15) is 40.4 Å². The second-order valence-electron chi connectivity index (χ2n) is 8.57. The van der Waals surface area contributed by atoms with Gasteiger partial charge < -0.3 is 11.1 Å². The van der Waals surface area contributed by atoms with Crippen LogP contribution in [0.3, 0.4) is 0 Å². The molecule has 32 heavy (non-hydrogen) atoms. The third-order valence-corrected chi connectivity index (χ3v) is 6.12. The average Bonchev–Trinajstić information content (AvgIpc) is 3.60. The topological polar surface area (TPSA) is 77.1 Å². The highest BCUT2D eigenvalue weighted by Gasteiger charge is 2.29. The van der Waals surface area contributed by atoms with Gasteiger partial charge in [0, 0.05) is 22.9 Å². The second-order valence-corrected chi connectivity index (χ2v) is 8.57. The lowest BCUT2D eigenvalue weighted by Gasteiger charge is -2.18. The van der Waals surface area contributed by atoms with Crippen LogP contribution < -0.4 is 16.6 Å². The Labute approximate surface area is 186 Å². The standard InChI is InChI=1S/C27H25N3O2/c1-16-6-5-8-18(14-16)24-22-13-10-19(29-26(31)21-9-4-3-7-17(21)2)15-23(22)27(32)30(25(24)28)20-11-12-20/h3-10,13-15,20H,11-12,28H2,1-2H3,(H,29,31). The molecule has 5 rings (SSSR count). The molecular weight excluding hydrogens is 398 g/mol. The molecule has 1 aromatic heterocycles. The SMILES string of the molecule is Cc1cccc(-c2c(N)n(C3CC3)c(=O)c3cc(NC(=O)c4ccccc4C)ccc23)c1. The van der Waals surface area contributed by atoms with Crippen LogP contribution in [0.25, 0.3) is 21.9 Å². The molecule has 0 spiro atoms. The van der Waals surface area contributed by atoms with Crippen LogP contribution in [0.4, 0.5) is 11.5 Å². The van der Waals surface area contributed by atoms with Crippen molar-refractivity contribution in [3.05, 3.63) is 93.8 Å². The summed E-state index contributed by atoms with van der Waals surface area (Å²) in [4.78, 5) is 26.2. The Kier molecular flexibility index (Phi) is 4.82. The zero-order chi connectivity index (χ0) is 22.4. The molecule has 1 saturated carbocycles. The van der Waals surface area contributed by atoms with Crippen molar-refractivity contribution >= 4 is 28.2 Å². The van der Waals surface area contributed by atoms with E-state index in [-0.39, 0.29) is 17.5 Å². The van der Waals surface area contributed by atoms with Crippen LogP contribution in [-0.4, -0.2) is 10.5 Å². The molecule has 0 unspecified atom stereocenters. The molecule has 1 heterocycles. The number of aryl methyl sites for hydroxylation is 2. The number of carbonyl (C=O) groups excluding carboxylic acids is 1. The first-order valence-electron chi connectivity index (χ1n) is 10.9. The molecule has 0 aliphatic heterocycles. The predicted octanol–water partition coefficient (Wildman–Crippen LogP) is 5.45. The van der Waals surface area contributed by atoms with E-state index in [0.29, 0.717) is 22.5 Å². The van der Waals surface area contributed by atoms with Gasteiger partial charge in [-0.25, -0.2) is 0 Å². The van der Waals surface area contributed by atoms with Gasteiger partial charge in [0.2, 0.25) is 0 Å². The van der Waals surface area contributed by atoms with E-state index in [0.717, 1.165) is 40.5 Å². The zero-order valence-corrected chi connectivity index (χ0v) is 18.2. The van der Waals surface area contributed by atoms with Gasteiger partial charge in [-0.2, -0.15) is 0 Å². The largest absolute Gasteiger partial charge is 0.384 e. The van der Waals surface area contributed by atoms with Crippen LogP contribution in [0.15, 0.2) is 71.5 Å². The Morgan fingerprint density at radius 2 is 1.75 bits per heavy atom. The number of amides is 1. The Balaban J connectivity index is 1.67. The van der Waals surface area contributed by atoms with Crippen molar-refractivity contribution in [1.82, 2.24) is 4.57 Å². The van der Waals surface area contributed by atoms with Gasteiger partial charge in [-0.3, -0.25) is 14.2 Å². The summed E-state index contributed by atoms with van der Waals surface area (Å²) in [6.45, 7) is 3.94. The molecule has 5 heteroatoms. The fourth-order valence-electron chi connectivity index (χ4n) is 4.34. The molecule has 0 atom stereocenters. The maximum atomic E-state index is 13.4. The maximum absolute atomic E-state index is 13.4. The summed E-state index contributed by atoms with van der Waals surface area (Å²) in [6.07, 6.45) is 1.90. The maximum Gasteiger partial charge on any atom is 0.260 e. The summed E-state index contributed by atoms with van der Waals surface area (Å²) in [5.41, 5.74) is 11.5. The van der Waals surface area contributed by atoms with Crippen molar-refractivity contribution in [2.75, 3.05) is 11.1 Å². The van der Waals surface area contributed by atoms with Crippen LogP contribution in [0.2, 0.25) is 0 Å². The highest BCUT2D eigenvalue weighted by Crippen LogP contribution is 2.41. The summed E-state index contributed by atoms with van der Waals surface area (Å²) >= 11 is 0. The fraction of sp³-hybridized carbons (Fsp3) is 0.185. The molecule has 3 aromatic carbocycles. The summed E-state index contributed by atoms with van der Waals surface area (Å²) in [5, 5.41) is 4.30. The molecule has 0 bridgehead atoms. The molecule has 5 nitrogen and oxygen atoms in total. The normalized spacial score (nSPS) is 13.3. The van der Waals surface area contributed by atoms with Crippen LogP contribution in [0, 0.1) is 13.8 Å². The van der Waals surface area contributed by atoms with E-state index in [1.54, 1.807) is 16.7 Å². The van der Waals surface area contributed by atoms with Crippen molar-refractivity contribution in [2.24, 2.45) is 0 Å². The van der Waals surface area contributed by atoms with Crippen LogP contribution in [0.5, 0.6) is 0 Å². The van der Waals surface area contributed by atoms with E-state index in [1.807, 2.05) is 62.4 Å². The first-order valence-corrected chi connectivity index (χ1v) is 10.9. The number of aromatic nitrogens is 1. The number of pyridine rings is 1. The predicted molar refractivity (Wildman–Crippen MR) is 130 cm³/mol. The minimum atomic E-state index is -0.195. The van der Waals surface area contributed by atoms with Gasteiger partial charge in [-0.1, -0.05) is 54.1 Å². The molecule has 1 aliphatic carbocycles. The highest BCUT2D eigenvalue weighted by atomic mass is 16.1. The third kappa shape index (κ3) is 3.46. The number of rotatable bonds is 4. The number of nitrogens with one attached hydrogen (secondary N) is 1. The lowest BCUT2D eigenvalue weighted by Crippen LogP contribution is -2.23. The number of fused-ring (bicyclic) bond motifs is 1. The second kappa shape index (κ2) is 7.68. The van der Waals surface area contributed by atoms with Crippen molar-refractivity contribution < 1.29 is 4.79 Å². The summed E-state index contributed by atoms with van der Waals surface area (Å²) < 4.78 is 1.73. The Morgan fingerprint density at radius 3 is 2.47 bits per heavy atom. The Hall–Kier alpha value is -3.86. The lowest BCUT2D eigenvalue weighted by atomic mass is 9.97. The minimum absolute atomic E-state index is 0.108. The molecule has 1 amide bonds. The van der Waals surface area contributed by atoms with Gasteiger partial charge >= 0.3 is 0 Å². The summed E-state index contributed by atoms with van der Waals surface area (Å²) in [6, 6.07) is 21.2. The number of hydrogen-bond acceptors (Lipinski definition) is 3. The third-order valence-electron chi connectivity index (χ3n) is 6.12. The first-order chi connectivity index (χ1) is 15.4. The van der Waals surface area contributed by atoms with E-state index in [1.165, 1.54) is 0 Å². The van der Waals surface area contributed by atoms with Gasteiger partial charge in [0.1, 0.15) is 5.82 Å². The van der Waals surface area contributed by atoms with Crippen LogP contribution in [-0.2, 0) is 0 Å². The van der Waals surface area contributed by atoms with E-state index in [9.17, 15) is 9.59 Å². The van der Waals surface area contributed by atoms with Gasteiger partial charge in [-0.15, -0.1) is 0 Å². The molecule has 1 aliphatic rings. The Bertz CT molecular complexity index is 1430. The van der Waals surface area contributed by atoms with E-state index < -0.39 is 0 Å². The number of benzene rings is 3. The number of hydrogen-bond donors (Lipinski definition) is 2. The smallest absolute Gasteiger partial charge is 0.260 e. The lowest BCUT2D eigenvalue weighted by molar-refractivity contribution is 0.102. The number of nitrogens with two attached hydrogens (primary N) is 1. The van der Waals surface area contributed by atoms with E-state index in [4.69, 9.17) is 5.73 Å². The van der Waals surface area contributed by atoms with Gasteiger partial charge in [0.25, 0.3) is 11.5 Å². The fourth-order valence-corrected chi connectivity index (χ4v) is 4.34. The molecule has 0 radical (unpaired) electrons. The Morgan fingerprint density at radius 1 is 0.969 bits per heavy atom. The van der Waals surface area contributed by atoms with Crippen molar-refractivity contribution in [3.63, 3.8) is 0 Å². The quantitative estimate of drug-likeness (QED) is 0.458. The van der Waals surface area contributed by atoms with Gasteiger partial charge in [0.15, 0.2) is 0 Å². The summed E-state index contributed by atoms with van der Waals surface area (Å²) in [5.74, 6) is 0.312. The molecule has 4 aromatic rings. The van der Waals surface area contributed by atoms with Gasteiger partial charge in [0.05, 0.1) is 5.39 Å². The first kappa shape index (κ1) is 20.1. The molecule has 1 fully saturated rings. The number of nitrogen functional groups attached to an aromatic ring is 1. The van der Waals surface area contributed by atoms with E-state index >= 15 is 0 Å². The van der Waals surface area contributed by atoms with Crippen molar-refractivity contribution in [3.8, 4) is 11.1 Å². The molecule has 3 N–H and O–H groups in total. The van der Waals surface area contributed by atoms with Crippen molar-refractivity contribution in [1.29, 1.82) is 0 Å². The number of anilines is 2. The highest BCUT2D eigenvalue weighted by molar-refractivity contribution is 6.07. The number of nitrogens with zero attached hydrogens (tertiary/aromatic N) is 1. The summed E-state index contributed by atoms with van der Waals surface area (Å²) in [7, 11) is 0. The minimum Gasteiger partial charge on any atom is -0.384 e. The molecule has 0 saturated heterocycles. The average molecular weight is 424 g/mol. The molecular formula is C27H25N3O2. The van der Waals surface area contributed by atoms with E-state index in [2.05, 4.69) is 11.4 Å². The molecule has 160 valence electrons.